The van der Waals surface area contributed by atoms with E-state index in [9.17, 15) is 0 Å². The van der Waals surface area contributed by atoms with Crippen molar-refractivity contribution in [1.82, 2.24) is 39.9 Å². The molecule has 0 amide bonds. The van der Waals surface area contributed by atoms with Crippen LogP contribution in [-0.4, -0.2) is 133 Å². The molecule has 0 aliphatic carbocycles. The smallest absolute Gasteiger partial charge is 0.146 e. The highest BCUT2D eigenvalue weighted by molar-refractivity contribution is 6.91. The third kappa shape index (κ3) is 20.7. The maximum atomic E-state index is 6.43. The molecule has 16 nitrogen and oxygen atoms in total. The van der Waals surface area contributed by atoms with E-state index in [0.717, 1.165) is 157 Å². The molecule has 16 bridgehead atoms. The molecule has 10 aromatic rings. The highest BCUT2D eigenvalue weighted by Gasteiger charge is 2.43. The zero-order valence-electron chi connectivity index (χ0n) is 80.7. The molecule has 0 saturated heterocycles. The number of benzene rings is 4. The van der Waals surface area contributed by atoms with Crippen molar-refractivity contribution < 1.29 is 37.9 Å². The Morgan fingerprint density at radius 3 is 0.631 bits per heavy atom. The normalized spacial score (nSPS) is 12.9. The second-order valence-corrected chi connectivity index (χ2v) is 50.1. The zero-order valence-corrected chi connectivity index (χ0v) is 82.7. The largest absolute Gasteiger partial charge is 0.493 e. The molecular weight excluding hydrogens is 1640 g/mol. The summed E-state index contributed by atoms with van der Waals surface area (Å²) in [6.45, 7) is 46.8. The molecule has 18 heteroatoms. The third-order valence-corrected chi connectivity index (χ3v) is 39.6. The van der Waals surface area contributed by atoms with Crippen LogP contribution in [0.3, 0.4) is 0 Å². The first kappa shape index (κ1) is 94.4. The number of hydrogen-bond donors (Lipinski definition) is 4. The number of ether oxygens (including phenoxy) is 8. The van der Waals surface area contributed by atoms with Gasteiger partial charge in [-0.25, -0.2) is 19.9 Å². The van der Waals surface area contributed by atoms with Gasteiger partial charge in [0, 0.05) is 98.4 Å². The van der Waals surface area contributed by atoms with Crippen molar-refractivity contribution in [2.45, 2.75) is 220 Å². The molecule has 4 aliphatic heterocycles. The molecule has 0 saturated carbocycles. The van der Waals surface area contributed by atoms with Gasteiger partial charge in [-0.1, -0.05) is 155 Å². The molecule has 0 radical (unpaired) electrons. The van der Waals surface area contributed by atoms with E-state index in [1.165, 1.54) is 0 Å². The summed E-state index contributed by atoms with van der Waals surface area (Å²) in [5.41, 5.74) is 31.4. The second kappa shape index (κ2) is 39.5. The molecular formula is C112H130N8O8Si2. The predicted molar refractivity (Wildman–Crippen MR) is 546 cm³/mol. The van der Waals surface area contributed by atoms with Crippen LogP contribution < -0.4 is 18.9 Å². The molecule has 130 heavy (non-hydrogen) atoms. The fourth-order valence-corrected chi connectivity index (χ4v) is 28.8. The van der Waals surface area contributed by atoms with Crippen molar-refractivity contribution in [1.29, 1.82) is 0 Å². The number of nitrogens with zero attached hydrogens (tertiary/aromatic N) is 4. The molecule has 0 unspecified atom stereocenters. The summed E-state index contributed by atoms with van der Waals surface area (Å²) in [7, 11) is 2.33. The first-order chi connectivity index (χ1) is 62.1. The van der Waals surface area contributed by atoms with Gasteiger partial charge < -0.3 is 57.8 Å². The van der Waals surface area contributed by atoms with Crippen LogP contribution in [0.1, 0.15) is 232 Å². The van der Waals surface area contributed by atoms with Gasteiger partial charge in [-0.15, -0.1) is 11.1 Å². The second-order valence-electron chi connectivity index (χ2n) is 38.9. The van der Waals surface area contributed by atoms with E-state index < -0.39 is 16.1 Å². The SMILES string of the molecule is COC(C)(C)CCOc1ccc(-c2c3nc(c(C#C[Si](C(C)C)(C(C)C)C(C)C)c4ccc([nH]4)c(-c4ccc(OCCC(C)(C)OC)cc4)c4nc(c(C#Cc5c6nc(c(-c7ccc(OCCC(C)(C)OC)cc7)c7ccc([nH]7)c(C#C[Si](C(C)C)(C(C)C)C(C)C)c7nc(c(-c8ccc(OCCC(C)(C)OC)cc8)c8ccc5[nH]8)C=C7)C=C6)c5ccc2[nH]5)C=C4)C=C3)cc1. The first-order valence-electron chi connectivity index (χ1n) is 46.1. The van der Waals surface area contributed by atoms with E-state index in [4.69, 9.17) is 57.8 Å². The molecule has 0 atom stereocenters. The molecule has 4 aliphatic rings. The number of aromatic amines is 4. The first-order valence-corrected chi connectivity index (χ1v) is 50.6. The molecule has 0 fully saturated rings. The third-order valence-electron chi connectivity index (χ3n) is 27.0. The molecule has 10 heterocycles. The van der Waals surface area contributed by atoms with Crippen molar-refractivity contribution in [2.24, 2.45) is 0 Å². The Bertz CT molecular complexity index is 5970. The lowest BCUT2D eigenvalue weighted by molar-refractivity contribution is 0.00511. The Hall–Kier alpha value is -11.8. The summed E-state index contributed by atoms with van der Waals surface area (Å²) in [4.78, 5) is 38.8. The lowest BCUT2D eigenvalue weighted by Crippen LogP contribution is -2.43. The van der Waals surface area contributed by atoms with Gasteiger partial charge in [0.1, 0.15) is 39.1 Å². The van der Waals surface area contributed by atoms with Crippen LogP contribution in [0.4, 0.5) is 0 Å². The fourth-order valence-electron chi connectivity index (χ4n) is 18.4. The van der Waals surface area contributed by atoms with E-state index in [0.29, 0.717) is 108 Å². The zero-order chi connectivity index (χ0) is 92.8. The minimum absolute atomic E-state index is 0.349. The highest BCUT2D eigenvalue weighted by atomic mass is 28.3. The van der Waals surface area contributed by atoms with E-state index in [-0.39, 0.29) is 22.4 Å². The standard InChI is InChI=1S/C112H130N8O8Si2/c1-71(2)129(72(3)4,73(5)6)69-59-87-93-47-55-101(117-93)105(77-25-33-81(34-26-77)125-65-61-109(13,14)121-21)97-51-43-89(113-97)85(90-44-52-98(114-90)106(102-56-48-94(87)118-102)78-27-35-82(36-28-78)126-66-62-110(15,16)122-22)41-42-86-91-45-53-99(115-91)107(79-29-37-83(38-30-79)127-67-63-111(17,18)123-23)103-57-49-95(119-103)88(60-70-130(74(7)8,75(9)10)76(11)12)96-50-58-104(120-96)108(100-54-46-92(86)116-100)80-31-39-84(40-32-80)128-68-64-112(19,20)124-24/h25-40,43-58,71-76,113,115,118,120H,61-68H2,1-24H3. The van der Waals surface area contributed by atoms with Gasteiger partial charge >= 0.3 is 0 Å². The van der Waals surface area contributed by atoms with E-state index in [1.54, 1.807) is 28.4 Å². The summed E-state index contributed by atoms with van der Waals surface area (Å²) in [5, 5.41) is 0. The molecule has 14 rings (SSSR count). The van der Waals surface area contributed by atoms with Crippen molar-refractivity contribution in [3.8, 4) is 102 Å². The summed E-state index contributed by atoms with van der Waals surface area (Å²) in [6, 6.07) is 50.3. The van der Waals surface area contributed by atoms with Crippen LogP contribution in [0, 0.1) is 34.8 Å². The number of nitrogens with one attached hydrogen (secondary N) is 4. The van der Waals surface area contributed by atoms with Gasteiger partial charge in [0.15, 0.2) is 0 Å². The van der Waals surface area contributed by atoms with Crippen LogP contribution >= 0.6 is 0 Å². The maximum Gasteiger partial charge on any atom is 0.146 e. The lowest BCUT2D eigenvalue weighted by Gasteiger charge is -2.38. The number of hydrogen-bond acceptors (Lipinski definition) is 12. The van der Waals surface area contributed by atoms with Crippen LogP contribution in [0.2, 0.25) is 33.2 Å². The van der Waals surface area contributed by atoms with Gasteiger partial charge in [-0.3, -0.25) is 0 Å². The maximum absolute atomic E-state index is 6.43. The Balaban J connectivity index is 1.07. The van der Waals surface area contributed by atoms with Crippen LogP contribution in [0.5, 0.6) is 23.0 Å². The molecule has 4 N–H and O–H groups in total. The van der Waals surface area contributed by atoms with Crippen molar-refractivity contribution in [2.75, 3.05) is 54.9 Å². The van der Waals surface area contributed by atoms with E-state index >= 15 is 0 Å². The Kier molecular flexibility index (Phi) is 28.7. The Morgan fingerprint density at radius 2 is 0.438 bits per heavy atom. The quantitative estimate of drug-likeness (QED) is 0.0247. The number of methoxy groups -OCH3 is 4. The van der Waals surface area contributed by atoms with Crippen LogP contribution in [-0.2, 0) is 18.9 Å². The Morgan fingerprint density at radius 1 is 0.254 bits per heavy atom. The van der Waals surface area contributed by atoms with Crippen molar-refractivity contribution in [3.63, 3.8) is 0 Å². The van der Waals surface area contributed by atoms with Gasteiger partial charge in [0.2, 0.25) is 0 Å². The van der Waals surface area contributed by atoms with E-state index in [2.05, 4.69) is 339 Å². The molecule has 6 aromatic heterocycles. The lowest BCUT2D eigenvalue weighted by atomic mass is 10.0. The van der Waals surface area contributed by atoms with Crippen LogP contribution in [0.15, 0.2) is 146 Å². The summed E-state index contributed by atoms with van der Waals surface area (Å²) < 4.78 is 48.9. The van der Waals surface area contributed by atoms with Gasteiger partial charge in [-0.05, 0) is 257 Å². The summed E-state index contributed by atoms with van der Waals surface area (Å²) in [6.07, 6.45) is 19.7. The topological polar surface area (TPSA) is 189 Å². The van der Waals surface area contributed by atoms with Crippen molar-refractivity contribution >= 4 is 109 Å². The van der Waals surface area contributed by atoms with Gasteiger partial charge in [0.05, 0.1) is 139 Å². The predicted octanol–water partition coefficient (Wildman–Crippen LogP) is 27.6. The summed E-state index contributed by atoms with van der Waals surface area (Å²) in [5.74, 6) is 18.6. The summed E-state index contributed by atoms with van der Waals surface area (Å²) >= 11 is 0. The number of aromatic nitrogens is 8. The Labute approximate surface area is 772 Å². The molecule has 4 aromatic carbocycles. The number of rotatable bonds is 30. The van der Waals surface area contributed by atoms with Gasteiger partial charge in [0.25, 0.3) is 0 Å². The van der Waals surface area contributed by atoms with Crippen LogP contribution in [0.25, 0.3) is 137 Å². The average Bonchev–Trinajstić information content (AvgIpc) is 1.60. The van der Waals surface area contributed by atoms with E-state index in [1.807, 2.05) is 48.5 Å². The highest BCUT2D eigenvalue weighted by Crippen LogP contribution is 2.45. The van der Waals surface area contributed by atoms with Gasteiger partial charge in [-0.2, -0.15) is 0 Å². The fraction of sp³-hybridized carbons (Fsp3) is 0.375. The minimum Gasteiger partial charge on any atom is -0.493 e. The number of H-pyrrole nitrogens is 4. The monoisotopic (exact) mass is 1770 g/mol. The molecule has 674 valence electrons. The number of fused-ring (bicyclic) bond motifs is 16. The minimum atomic E-state index is -2.31. The molecule has 0 spiro atoms. The average molecular weight is 1770 g/mol. The van der Waals surface area contributed by atoms with Crippen molar-refractivity contribution in [3.05, 3.63) is 213 Å².